The van der Waals surface area contributed by atoms with Gasteiger partial charge in [-0.2, -0.15) is 0 Å². The molecule has 1 aromatic rings. The number of benzene rings is 1. The normalized spacial score (nSPS) is 49.2. The Morgan fingerprint density at radius 3 is 2.23 bits per heavy atom. The summed E-state index contributed by atoms with van der Waals surface area (Å²) >= 11 is 0. The Morgan fingerprint density at radius 1 is 0.968 bits per heavy atom. The first-order chi connectivity index (χ1) is 15.2. The van der Waals surface area contributed by atoms with Gasteiger partial charge in [0, 0.05) is 12.1 Å². The van der Waals surface area contributed by atoms with Crippen LogP contribution in [0, 0.1) is 64.6 Å². The lowest BCUT2D eigenvalue weighted by Crippen LogP contribution is -2.91. The number of carbonyl (C=O) groups is 1. The van der Waals surface area contributed by atoms with Gasteiger partial charge in [-0.15, -0.1) is 0 Å². The number of hydrogen-bond donors (Lipinski definition) is 2. The zero-order valence-electron chi connectivity index (χ0n) is 18.3. The fraction of sp³-hybridized carbons (Fsp3) is 0.741. The van der Waals surface area contributed by atoms with Crippen molar-refractivity contribution >= 4 is 11.6 Å². The summed E-state index contributed by atoms with van der Waals surface area (Å²) in [4.78, 5) is 13.2. The van der Waals surface area contributed by atoms with Crippen LogP contribution in [-0.2, 0) is 0 Å². The molecule has 3 N–H and O–H groups in total. The second-order valence-electron chi connectivity index (χ2n) is 12.2. The van der Waals surface area contributed by atoms with Gasteiger partial charge in [-0.05, 0) is 121 Å². The van der Waals surface area contributed by atoms with E-state index in [1.807, 2.05) is 18.2 Å². The van der Waals surface area contributed by atoms with Crippen molar-refractivity contribution in [1.82, 2.24) is 5.32 Å². The summed E-state index contributed by atoms with van der Waals surface area (Å²) in [6.07, 6.45) is 9.70. The first-order valence-electron chi connectivity index (χ1n) is 13.0. The predicted molar refractivity (Wildman–Crippen MR) is 118 cm³/mol. The van der Waals surface area contributed by atoms with Gasteiger partial charge in [-0.3, -0.25) is 4.79 Å². The average Bonchev–Trinajstić information content (AvgIpc) is 2.69. The molecule has 7 saturated carbocycles. The van der Waals surface area contributed by atoms with E-state index in [1.165, 1.54) is 44.9 Å². The number of ether oxygens (including phenoxy) is 1. The lowest BCUT2D eigenvalue weighted by molar-refractivity contribution is -0.459. The van der Waals surface area contributed by atoms with E-state index in [-0.39, 0.29) is 5.91 Å². The maximum atomic E-state index is 13.2. The number of nitrogen functional groups attached to an aromatic ring is 1. The maximum Gasteiger partial charge on any atom is 0.251 e. The summed E-state index contributed by atoms with van der Waals surface area (Å²) < 4.78 is 5.98. The third kappa shape index (κ3) is 1.94. The molecule has 1 aromatic carbocycles. The third-order valence-corrected chi connectivity index (χ3v) is 11.7. The molecule has 7 aliphatic rings. The smallest absolute Gasteiger partial charge is 0.251 e. The minimum absolute atomic E-state index is 0.0579. The number of anilines is 1. The van der Waals surface area contributed by atoms with Crippen molar-refractivity contribution in [3.05, 3.63) is 23.8 Å². The van der Waals surface area contributed by atoms with Crippen molar-refractivity contribution in [3.8, 4) is 5.75 Å². The van der Waals surface area contributed by atoms with Crippen molar-refractivity contribution in [2.24, 2.45) is 64.6 Å². The molecule has 0 saturated heterocycles. The molecule has 4 nitrogen and oxygen atoms in total. The molecule has 4 heteroatoms. The Bertz CT molecular complexity index is 938. The first-order valence-corrected chi connectivity index (χ1v) is 13.0. The van der Waals surface area contributed by atoms with Crippen LogP contribution >= 0.6 is 0 Å². The van der Waals surface area contributed by atoms with E-state index < -0.39 is 0 Å². The number of fused-ring (bicyclic) bond motifs is 13. The van der Waals surface area contributed by atoms with Crippen LogP contribution in [0.4, 0.5) is 5.69 Å². The first kappa shape index (κ1) is 17.8. The average molecular weight is 419 g/mol. The summed E-state index contributed by atoms with van der Waals surface area (Å²) in [5, 5.41) is 3.41. The lowest BCUT2D eigenvalue weighted by Gasteiger charge is -2.93. The Balaban J connectivity index is 0.989. The number of amides is 1. The topological polar surface area (TPSA) is 64.4 Å². The van der Waals surface area contributed by atoms with E-state index in [9.17, 15) is 4.79 Å². The van der Waals surface area contributed by atoms with Crippen LogP contribution in [0.15, 0.2) is 18.2 Å². The van der Waals surface area contributed by atoms with E-state index in [1.54, 1.807) is 0 Å². The molecule has 8 unspecified atom stereocenters. The molecule has 8 atom stereocenters. The number of nitrogens with two attached hydrogens (primary N) is 1. The van der Waals surface area contributed by atoms with Gasteiger partial charge in [-0.25, -0.2) is 0 Å². The fourth-order valence-corrected chi connectivity index (χ4v) is 10.0. The maximum absolute atomic E-state index is 13.2. The van der Waals surface area contributed by atoms with Gasteiger partial charge in [0.25, 0.3) is 5.91 Å². The van der Waals surface area contributed by atoms with E-state index in [0.29, 0.717) is 28.3 Å². The number of carbonyl (C=O) groups excluding carboxylic acids is 1. The monoisotopic (exact) mass is 418 g/mol. The van der Waals surface area contributed by atoms with Crippen LogP contribution in [0.5, 0.6) is 5.75 Å². The van der Waals surface area contributed by atoms with E-state index in [2.05, 4.69) is 5.32 Å². The molecule has 1 amide bonds. The summed E-state index contributed by atoms with van der Waals surface area (Å²) in [7, 11) is 0. The number of rotatable bonds is 6. The van der Waals surface area contributed by atoms with Crippen LogP contribution < -0.4 is 15.8 Å². The van der Waals surface area contributed by atoms with E-state index in [0.717, 1.165) is 66.4 Å². The zero-order valence-corrected chi connectivity index (χ0v) is 18.3. The molecule has 0 aliphatic heterocycles. The molecule has 0 radical (unpaired) electrons. The van der Waals surface area contributed by atoms with Crippen molar-refractivity contribution in [3.63, 3.8) is 0 Å². The lowest BCUT2D eigenvalue weighted by atomic mass is 9.11. The Kier molecular flexibility index (Phi) is 3.33. The van der Waals surface area contributed by atoms with Gasteiger partial charge >= 0.3 is 0 Å². The Morgan fingerprint density at radius 2 is 1.65 bits per heavy atom. The fourth-order valence-electron chi connectivity index (χ4n) is 10.0. The molecular formula is C27H34N2O2. The van der Waals surface area contributed by atoms with Gasteiger partial charge in [0.1, 0.15) is 5.75 Å². The van der Waals surface area contributed by atoms with Crippen LogP contribution in [0.25, 0.3) is 0 Å². The number of hydrogen-bond acceptors (Lipinski definition) is 3. The van der Waals surface area contributed by atoms with E-state index >= 15 is 0 Å². The molecule has 31 heavy (non-hydrogen) atoms. The highest BCUT2D eigenvalue weighted by Gasteiger charge is 2.89. The highest BCUT2D eigenvalue weighted by atomic mass is 16.5. The van der Waals surface area contributed by atoms with Gasteiger partial charge in [0.05, 0.1) is 12.3 Å². The summed E-state index contributed by atoms with van der Waals surface area (Å²) in [6.45, 7) is 1.63. The molecule has 0 aromatic heterocycles. The van der Waals surface area contributed by atoms with Gasteiger partial charge < -0.3 is 15.8 Å². The predicted octanol–water partition coefficient (Wildman–Crippen LogP) is 4.35. The summed E-state index contributed by atoms with van der Waals surface area (Å²) in [5.74, 6) is 10.4. The van der Waals surface area contributed by atoms with E-state index in [4.69, 9.17) is 10.5 Å². The minimum atomic E-state index is 0.0579. The van der Waals surface area contributed by atoms with Crippen molar-refractivity contribution in [2.75, 3.05) is 18.9 Å². The Labute approximate surface area is 184 Å². The van der Waals surface area contributed by atoms with Gasteiger partial charge in [0.2, 0.25) is 0 Å². The molecule has 7 fully saturated rings. The number of nitrogens with one attached hydrogen (secondary N) is 1. The Hall–Kier alpha value is -1.71. The zero-order chi connectivity index (χ0) is 20.5. The molecule has 8 rings (SSSR count). The largest absolute Gasteiger partial charge is 0.491 e. The molecule has 7 aliphatic carbocycles. The van der Waals surface area contributed by atoms with Crippen molar-refractivity contribution in [1.29, 1.82) is 0 Å². The van der Waals surface area contributed by atoms with Crippen LogP contribution in [-0.4, -0.2) is 19.1 Å². The second-order valence-corrected chi connectivity index (χ2v) is 12.2. The molecule has 0 spiro atoms. The SMILES string of the molecule is Nc1ccc(C(=O)NCC23C4C5CCC5C4C2C2C4CCC4C23)cc1OCC1CCC1. The summed E-state index contributed by atoms with van der Waals surface area (Å²) in [6, 6.07) is 5.56. The van der Waals surface area contributed by atoms with Gasteiger partial charge in [-0.1, -0.05) is 6.42 Å². The van der Waals surface area contributed by atoms with Crippen LogP contribution in [0.2, 0.25) is 0 Å². The molecule has 0 heterocycles. The minimum Gasteiger partial charge on any atom is -0.491 e. The van der Waals surface area contributed by atoms with Gasteiger partial charge in [0.15, 0.2) is 0 Å². The molecular weight excluding hydrogens is 384 g/mol. The molecule has 164 valence electrons. The highest BCUT2D eigenvalue weighted by Crippen LogP contribution is 2.92. The van der Waals surface area contributed by atoms with Crippen molar-refractivity contribution in [2.45, 2.75) is 44.9 Å². The molecule has 0 bridgehead atoms. The third-order valence-electron chi connectivity index (χ3n) is 11.7. The van der Waals surface area contributed by atoms with Crippen molar-refractivity contribution < 1.29 is 9.53 Å². The van der Waals surface area contributed by atoms with Crippen LogP contribution in [0.3, 0.4) is 0 Å². The van der Waals surface area contributed by atoms with Crippen LogP contribution in [0.1, 0.15) is 55.3 Å². The quantitative estimate of drug-likeness (QED) is 0.533. The summed E-state index contributed by atoms with van der Waals surface area (Å²) in [5.41, 5.74) is 7.93. The second kappa shape index (κ2) is 5.80. The highest BCUT2D eigenvalue weighted by molar-refractivity contribution is 5.95. The standard InChI is InChI=1S/C27H34N2O2/c28-19-9-4-14(10-20(19)31-11-13-2-1-3-13)26(30)29-12-27-23-17-7-5-15(17)21(23)25(27)22-16-6-8-18(16)24(22)27/h4,9-10,13,15-18,21-25H,1-3,5-8,11-12,28H2,(H,29,30).